The summed E-state index contributed by atoms with van der Waals surface area (Å²) in [6.45, 7) is 10.0. The second-order valence-corrected chi connectivity index (χ2v) is 9.55. The van der Waals surface area contributed by atoms with E-state index in [9.17, 15) is 9.18 Å². The number of hydrogen-bond acceptors (Lipinski definition) is 6. The molecule has 2 atom stereocenters. The zero-order chi connectivity index (χ0) is 26.5. The van der Waals surface area contributed by atoms with E-state index >= 15 is 0 Å². The van der Waals surface area contributed by atoms with Crippen molar-refractivity contribution in [3.63, 3.8) is 0 Å². The lowest BCUT2D eigenvalue weighted by molar-refractivity contribution is -0.290. The van der Waals surface area contributed by atoms with Crippen LogP contribution in [-0.2, 0) is 19.0 Å². The molecule has 0 aliphatic carbocycles. The quantitative estimate of drug-likeness (QED) is 0.366. The van der Waals surface area contributed by atoms with E-state index in [0.717, 1.165) is 22.3 Å². The van der Waals surface area contributed by atoms with Crippen LogP contribution in [0, 0.1) is 5.82 Å². The van der Waals surface area contributed by atoms with Gasteiger partial charge in [-0.05, 0) is 61.6 Å². The van der Waals surface area contributed by atoms with Crippen molar-refractivity contribution in [2.24, 2.45) is 0 Å². The van der Waals surface area contributed by atoms with Gasteiger partial charge in [0.15, 0.2) is 17.3 Å². The summed E-state index contributed by atoms with van der Waals surface area (Å²) in [5.74, 6) is -0.108. The van der Waals surface area contributed by atoms with Gasteiger partial charge < -0.3 is 23.7 Å². The maximum Gasteiger partial charge on any atom is 0.308 e. The van der Waals surface area contributed by atoms with E-state index in [0.29, 0.717) is 24.5 Å². The second-order valence-electron chi connectivity index (χ2n) is 9.55. The molecule has 1 aliphatic rings. The zero-order valence-electron chi connectivity index (χ0n) is 22.2. The Kier molecular flexibility index (Phi) is 9.14. The summed E-state index contributed by atoms with van der Waals surface area (Å²) >= 11 is 0. The van der Waals surface area contributed by atoms with Crippen LogP contribution in [0.4, 0.5) is 4.39 Å². The van der Waals surface area contributed by atoms with Gasteiger partial charge >= 0.3 is 5.97 Å². The number of methoxy groups -OCH3 is 2. The highest BCUT2D eigenvalue weighted by Crippen LogP contribution is 2.45. The van der Waals surface area contributed by atoms with E-state index < -0.39 is 5.79 Å². The van der Waals surface area contributed by atoms with Gasteiger partial charge in [-0.2, -0.15) is 0 Å². The minimum Gasteiger partial charge on any atom is -0.493 e. The molecule has 1 saturated heterocycles. The summed E-state index contributed by atoms with van der Waals surface area (Å²) in [7, 11) is 3.20. The number of carbonyl (C=O) groups is 1. The van der Waals surface area contributed by atoms with Crippen molar-refractivity contribution in [2.75, 3.05) is 20.8 Å². The Morgan fingerprint density at radius 1 is 1.17 bits per heavy atom. The van der Waals surface area contributed by atoms with Crippen LogP contribution in [0.5, 0.6) is 11.5 Å². The fourth-order valence-corrected chi connectivity index (χ4v) is 4.59. The summed E-state index contributed by atoms with van der Waals surface area (Å²) < 4.78 is 42.4. The van der Waals surface area contributed by atoms with Gasteiger partial charge in [-0.25, -0.2) is 4.39 Å². The summed E-state index contributed by atoms with van der Waals surface area (Å²) in [4.78, 5) is 12.1. The van der Waals surface area contributed by atoms with E-state index in [1.54, 1.807) is 33.3 Å². The molecule has 0 saturated carbocycles. The number of hydrogen-bond donors (Lipinski definition) is 0. The topological polar surface area (TPSA) is 63.2 Å². The summed E-state index contributed by atoms with van der Waals surface area (Å²) in [6, 6.07) is 8.31. The molecule has 1 aliphatic heterocycles. The molecular formula is C29H37FO6. The Labute approximate surface area is 213 Å². The smallest absolute Gasteiger partial charge is 0.308 e. The van der Waals surface area contributed by atoms with Gasteiger partial charge in [0, 0.05) is 12.0 Å². The standard InChI is InChI=1S/C29H37FO6/c1-8-34-26(31)16-22-15-21(35-29(4,5)36-22)13-14-23-24(18(2)3)17-25(32-6)28(33-7)27(23)19-9-11-20(30)12-10-19/h9-14,17-18,21-22H,8,15-16H2,1-7H3/b14-13+. The van der Waals surface area contributed by atoms with Gasteiger partial charge in [0.2, 0.25) is 0 Å². The lowest BCUT2D eigenvalue weighted by Gasteiger charge is -2.39. The molecule has 0 bridgehead atoms. The van der Waals surface area contributed by atoms with Crippen LogP contribution in [0.1, 0.15) is 64.5 Å². The lowest BCUT2D eigenvalue weighted by Crippen LogP contribution is -2.44. The molecule has 0 spiro atoms. The minimum absolute atomic E-state index is 0.166. The third-order valence-corrected chi connectivity index (χ3v) is 6.05. The normalized spacial score (nSPS) is 19.5. The molecule has 0 amide bonds. The highest BCUT2D eigenvalue weighted by atomic mass is 19.1. The van der Waals surface area contributed by atoms with Gasteiger partial charge in [-0.3, -0.25) is 4.79 Å². The summed E-state index contributed by atoms with van der Waals surface area (Å²) in [6.07, 6.45) is 4.07. The van der Waals surface area contributed by atoms with E-state index in [-0.39, 0.29) is 36.3 Å². The van der Waals surface area contributed by atoms with Crippen molar-refractivity contribution in [3.8, 4) is 22.6 Å². The Balaban J connectivity index is 2.07. The Morgan fingerprint density at radius 2 is 1.86 bits per heavy atom. The Hall–Kier alpha value is -2.90. The van der Waals surface area contributed by atoms with Gasteiger partial charge in [0.05, 0.1) is 39.5 Å². The number of rotatable bonds is 9. The first-order valence-corrected chi connectivity index (χ1v) is 12.3. The van der Waals surface area contributed by atoms with Crippen LogP contribution in [0.15, 0.2) is 36.4 Å². The zero-order valence-corrected chi connectivity index (χ0v) is 22.2. The largest absolute Gasteiger partial charge is 0.493 e. The maximum atomic E-state index is 13.7. The van der Waals surface area contributed by atoms with Gasteiger partial charge in [0.1, 0.15) is 5.82 Å². The third kappa shape index (κ3) is 6.65. The van der Waals surface area contributed by atoms with E-state index in [2.05, 4.69) is 13.8 Å². The van der Waals surface area contributed by atoms with Crippen molar-refractivity contribution < 1.29 is 32.9 Å². The van der Waals surface area contributed by atoms with Gasteiger partial charge in [-0.15, -0.1) is 0 Å². The molecule has 36 heavy (non-hydrogen) atoms. The second kappa shape index (κ2) is 11.9. The van der Waals surface area contributed by atoms with Crippen LogP contribution >= 0.6 is 0 Å². The van der Waals surface area contributed by atoms with Crippen molar-refractivity contribution >= 4 is 12.0 Å². The highest BCUT2D eigenvalue weighted by molar-refractivity contribution is 5.85. The van der Waals surface area contributed by atoms with Crippen molar-refractivity contribution in [1.82, 2.24) is 0 Å². The number of benzene rings is 2. The molecule has 3 rings (SSSR count). The van der Waals surface area contributed by atoms with Crippen LogP contribution in [0.3, 0.4) is 0 Å². The molecule has 6 nitrogen and oxygen atoms in total. The number of ether oxygens (including phenoxy) is 5. The summed E-state index contributed by atoms with van der Waals surface area (Å²) in [5, 5.41) is 0. The number of halogens is 1. The molecule has 7 heteroatoms. The molecule has 2 unspecified atom stereocenters. The molecule has 0 radical (unpaired) electrons. The van der Waals surface area contributed by atoms with Crippen LogP contribution < -0.4 is 9.47 Å². The van der Waals surface area contributed by atoms with Crippen molar-refractivity contribution in [2.45, 2.75) is 71.4 Å². The predicted molar refractivity (Wildman–Crippen MR) is 138 cm³/mol. The summed E-state index contributed by atoms with van der Waals surface area (Å²) in [5.41, 5.74) is 3.61. The fourth-order valence-electron chi connectivity index (χ4n) is 4.59. The first-order valence-electron chi connectivity index (χ1n) is 12.3. The van der Waals surface area contributed by atoms with Crippen molar-refractivity contribution in [1.29, 1.82) is 0 Å². The monoisotopic (exact) mass is 500 g/mol. The van der Waals surface area contributed by atoms with Gasteiger partial charge in [-0.1, -0.05) is 38.1 Å². The molecule has 0 aromatic heterocycles. The highest BCUT2D eigenvalue weighted by Gasteiger charge is 2.36. The van der Waals surface area contributed by atoms with Crippen LogP contribution in [0.2, 0.25) is 0 Å². The molecule has 2 aromatic carbocycles. The number of carbonyl (C=O) groups excluding carboxylic acids is 1. The third-order valence-electron chi connectivity index (χ3n) is 6.05. The van der Waals surface area contributed by atoms with Crippen molar-refractivity contribution in [3.05, 3.63) is 53.4 Å². The first kappa shape index (κ1) is 27.7. The average molecular weight is 501 g/mol. The fraction of sp³-hybridized carbons (Fsp3) is 0.483. The lowest BCUT2D eigenvalue weighted by atomic mass is 9.88. The molecule has 1 fully saturated rings. The van der Waals surface area contributed by atoms with E-state index in [1.165, 1.54) is 12.1 Å². The maximum absolute atomic E-state index is 13.7. The molecular weight excluding hydrogens is 463 g/mol. The molecule has 2 aromatic rings. The SMILES string of the molecule is CCOC(=O)CC1CC(/C=C/c2c(C(C)C)cc(OC)c(OC)c2-c2ccc(F)cc2)OC(C)(C)O1. The molecule has 196 valence electrons. The Morgan fingerprint density at radius 3 is 2.44 bits per heavy atom. The molecule has 0 N–H and O–H groups in total. The first-order chi connectivity index (χ1) is 17.1. The van der Waals surface area contributed by atoms with Gasteiger partial charge in [0.25, 0.3) is 0 Å². The van der Waals surface area contributed by atoms with Crippen LogP contribution in [0.25, 0.3) is 17.2 Å². The van der Waals surface area contributed by atoms with E-state index in [4.69, 9.17) is 23.7 Å². The van der Waals surface area contributed by atoms with Crippen LogP contribution in [-0.4, -0.2) is 44.8 Å². The number of esters is 1. The average Bonchev–Trinajstić information content (AvgIpc) is 2.81. The predicted octanol–water partition coefficient (Wildman–Crippen LogP) is 6.51. The minimum atomic E-state index is -0.858. The van der Waals surface area contributed by atoms with E-state index in [1.807, 2.05) is 32.1 Å². The molecule has 1 heterocycles. The Bertz CT molecular complexity index is 1070.